The Morgan fingerprint density at radius 1 is 1.27 bits per heavy atom. The number of halogens is 1. The van der Waals surface area contributed by atoms with Crippen LogP contribution in [0.15, 0.2) is 11.3 Å². The molecule has 0 unspecified atom stereocenters. The Bertz CT molecular complexity index is 410. The number of aryl methyl sites for hydroxylation is 1. The van der Waals surface area contributed by atoms with E-state index in [-0.39, 0.29) is 24.0 Å². The molecular weight excluding hydrogens is 395 g/mol. The van der Waals surface area contributed by atoms with Gasteiger partial charge in [0.1, 0.15) is 18.7 Å². The first-order valence-electron chi connectivity index (χ1n) is 7.70. The Balaban J connectivity index is 0.00000441. The zero-order valence-corrected chi connectivity index (χ0v) is 16.2. The van der Waals surface area contributed by atoms with Gasteiger partial charge < -0.3 is 15.4 Å². The largest absolute Gasteiger partial charge is 0.381 e. The molecule has 0 aliphatic heterocycles. The van der Waals surface area contributed by atoms with Gasteiger partial charge in [-0.1, -0.05) is 13.3 Å². The molecule has 1 rings (SSSR count). The third-order valence-corrected chi connectivity index (χ3v) is 2.93. The molecule has 8 heteroatoms. The highest BCUT2D eigenvalue weighted by atomic mass is 127. The van der Waals surface area contributed by atoms with Crippen molar-refractivity contribution in [2.24, 2.45) is 12.0 Å². The van der Waals surface area contributed by atoms with E-state index in [9.17, 15) is 0 Å². The van der Waals surface area contributed by atoms with Crippen LogP contribution in [-0.4, -0.2) is 47.0 Å². The summed E-state index contributed by atoms with van der Waals surface area (Å²) in [7, 11) is 1.87. The molecule has 0 spiro atoms. The quantitative estimate of drug-likeness (QED) is 0.259. The second-order valence-electron chi connectivity index (χ2n) is 4.74. The third kappa shape index (κ3) is 9.19. The minimum Gasteiger partial charge on any atom is -0.381 e. The number of guanidine groups is 1. The highest BCUT2D eigenvalue weighted by molar-refractivity contribution is 14.0. The molecule has 1 aromatic heterocycles. The van der Waals surface area contributed by atoms with E-state index >= 15 is 0 Å². The summed E-state index contributed by atoms with van der Waals surface area (Å²) in [6.07, 6.45) is 4.82. The highest BCUT2D eigenvalue weighted by Gasteiger charge is 2.01. The van der Waals surface area contributed by atoms with E-state index in [4.69, 9.17) is 4.74 Å². The molecule has 22 heavy (non-hydrogen) atoms. The van der Waals surface area contributed by atoms with Crippen molar-refractivity contribution in [1.29, 1.82) is 0 Å². The molecule has 128 valence electrons. The molecule has 2 N–H and O–H groups in total. The molecule has 0 saturated heterocycles. The van der Waals surface area contributed by atoms with Crippen LogP contribution in [0.4, 0.5) is 0 Å². The normalized spacial score (nSPS) is 11.1. The number of nitrogens with zero attached hydrogens (tertiary/aromatic N) is 4. The first kappa shape index (κ1) is 21.1. The van der Waals surface area contributed by atoms with E-state index in [1.165, 1.54) is 6.42 Å². The van der Waals surface area contributed by atoms with Crippen molar-refractivity contribution in [2.45, 2.75) is 39.7 Å². The van der Waals surface area contributed by atoms with Crippen LogP contribution in [0.1, 0.15) is 38.9 Å². The number of aliphatic imine (C=N–C) groups is 1. The number of nitrogens with one attached hydrogen (secondary N) is 2. The Kier molecular flexibility index (Phi) is 13.2. The maximum atomic E-state index is 5.53. The van der Waals surface area contributed by atoms with Crippen molar-refractivity contribution in [1.82, 2.24) is 25.4 Å². The van der Waals surface area contributed by atoms with E-state index in [0.29, 0.717) is 6.54 Å². The molecular formula is C14H29IN6O. The van der Waals surface area contributed by atoms with Gasteiger partial charge in [-0.25, -0.2) is 9.98 Å². The lowest BCUT2D eigenvalue weighted by molar-refractivity contribution is 0.129. The summed E-state index contributed by atoms with van der Waals surface area (Å²) < 4.78 is 7.26. The number of hydrogen-bond donors (Lipinski definition) is 2. The fourth-order valence-electron chi connectivity index (χ4n) is 1.68. The van der Waals surface area contributed by atoms with Gasteiger partial charge in [-0.3, -0.25) is 4.68 Å². The highest BCUT2D eigenvalue weighted by Crippen LogP contribution is 1.93. The van der Waals surface area contributed by atoms with E-state index < -0.39 is 0 Å². The number of hydrogen-bond acceptors (Lipinski definition) is 4. The van der Waals surface area contributed by atoms with Crippen LogP contribution < -0.4 is 10.6 Å². The fourth-order valence-corrected chi connectivity index (χ4v) is 1.68. The van der Waals surface area contributed by atoms with Crippen molar-refractivity contribution in [3.63, 3.8) is 0 Å². The average Bonchev–Trinajstić information content (AvgIpc) is 2.89. The second-order valence-corrected chi connectivity index (χ2v) is 4.74. The number of unbranched alkanes of at least 4 members (excludes halogenated alkanes) is 1. The van der Waals surface area contributed by atoms with E-state index in [2.05, 4.69) is 32.6 Å². The van der Waals surface area contributed by atoms with E-state index in [1.807, 2.05) is 14.0 Å². The van der Waals surface area contributed by atoms with Gasteiger partial charge in [0.15, 0.2) is 5.96 Å². The van der Waals surface area contributed by atoms with Gasteiger partial charge in [0, 0.05) is 33.4 Å². The predicted octanol–water partition coefficient (Wildman–Crippen LogP) is 1.69. The molecule has 0 aliphatic rings. The Labute approximate surface area is 150 Å². The van der Waals surface area contributed by atoms with Gasteiger partial charge in [-0.2, -0.15) is 5.10 Å². The summed E-state index contributed by atoms with van der Waals surface area (Å²) in [4.78, 5) is 8.65. The van der Waals surface area contributed by atoms with E-state index in [1.54, 1.807) is 11.0 Å². The molecule has 0 bridgehead atoms. The van der Waals surface area contributed by atoms with Crippen molar-refractivity contribution in [3.8, 4) is 0 Å². The third-order valence-electron chi connectivity index (χ3n) is 2.93. The molecule has 0 aliphatic carbocycles. The molecule has 0 aromatic carbocycles. The molecule has 1 aromatic rings. The van der Waals surface area contributed by atoms with E-state index in [0.717, 1.165) is 50.9 Å². The van der Waals surface area contributed by atoms with Crippen molar-refractivity contribution < 1.29 is 4.74 Å². The maximum Gasteiger partial charge on any atom is 0.191 e. The summed E-state index contributed by atoms with van der Waals surface area (Å²) in [6.45, 7) is 8.05. The van der Waals surface area contributed by atoms with Crippen molar-refractivity contribution in [3.05, 3.63) is 12.2 Å². The molecule has 0 amide bonds. The Hall–Kier alpha value is -0.900. The van der Waals surface area contributed by atoms with Crippen LogP contribution in [0.25, 0.3) is 0 Å². The predicted molar refractivity (Wildman–Crippen MR) is 99.6 cm³/mol. The van der Waals surface area contributed by atoms with Crippen LogP contribution >= 0.6 is 24.0 Å². The smallest absolute Gasteiger partial charge is 0.191 e. The lowest BCUT2D eigenvalue weighted by atomic mass is 10.4. The van der Waals surface area contributed by atoms with Crippen molar-refractivity contribution in [2.75, 3.05) is 26.3 Å². The van der Waals surface area contributed by atoms with Crippen LogP contribution in [-0.2, 0) is 18.3 Å². The zero-order chi connectivity index (χ0) is 15.3. The zero-order valence-electron chi connectivity index (χ0n) is 13.8. The summed E-state index contributed by atoms with van der Waals surface area (Å²) in [5, 5.41) is 10.5. The summed E-state index contributed by atoms with van der Waals surface area (Å²) in [6, 6.07) is 0. The fraction of sp³-hybridized carbons (Fsp3) is 0.786. The molecule has 0 atom stereocenters. The molecule has 0 fully saturated rings. The van der Waals surface area contributed by atoms with Gasteiger partial charge in [0.2, 0.25) is 0 Å². The maximum absolute atomic E-state index is 5.53. The van der Waals surface area contributed by atoms with Crippen molar-refractivity contribution >= 4 is 29.9 Å². The van der Waals surface area contributed by atoms with Gasteiger partial charge in [-0.05, 0) is 19.8 Å². The number of ether oxygens (including phenoxy) is 1. The first-order chi connectivity index (χ1) is 10.3. The van der Waals surface area contributed by atoms with Gasteiger partial charge in [0.05, 0.1) is 0 Å². The first-order valence-corrected chi connectivity index (χ1v) is 7.70. The SMILES string of the molecule is CCCCOCCCNC(=NCc1ncnn1C)NCC.I. The lowest BCUT2D eigenvalue weighted by Gasteiger charge is -2.11. The second kappa shape index (κ2) is 13.7. The van der Waals surface area contributed by atoms with Crippen LogP contribution in [0, 0.1) is 0 Å². The average molecular weight is 424 g/mol. The topological polar surface area (TPSA) is 76.4 Å². The monoisotopic (exact) mass is 424 g/mol. The standard InChI is InChI=1S/C14H28N6O.HI/c1-4-6-9-21-10-7-8-16-14(15-5-2)17-11-13-18-12-19-20(13)3;/h12H,4-11H2,1-3H3,(H2,15,16,17);1H. The minimum atomic E-state index is 0. The lowest BCUT2D eigenvalue weighted by Crippen LogP contribution is -2.38. The van der Waals surface area contributed by atoms with Crippen LogP contribution in [0.2, 0.25) is 0 Å². The molecule has 0 radical (unpaired) electrons. The summed E-state index contributed by atoms with van der Waals surface area (Å²) in [5.74, 6) is 1.64. The Morgan fingerprint density at radius 3 is 2.68 bits per heavy atom. The molecule has 0 saturated carbocycles. The van der Waals surface area contributed by atoms with Crippen LogP contribution in [0.5, 0.6) is 0 Å². The minimum absolute atomic E-state index is 0. The summed E-state index contributed by atoms with van der Waals surface area (Å²) >= 11 is 0. The Morgan fingerprint density at radius 2 is 2.05 bits per heavy atom. The van der Waals surface area contributed by atoms with Gasteiger partial charge in [0.25, 0.3) is 0 Å². The van der Waals surface area contributed by atoms with Gasteiger partial charge in [-0.15, -0.1) is 24.0 Å². The molecule has 7 nitrogen and oxygen atoms in total. The molecule has 1 heterocycles. The summed E-state index contributed by atoms with van der Waals surface area (Å²) in [5.41, 5.74) is 0. The number of aromatic nitrogens is 3. The van der Waals surface area contributed by atoms with Gasteiger partial charge >= 0.3 is 0 Å². The number of rotatable bonds is 10. The van der Waals surface area contributed by atoms with Crippen LogP contribution in [0.3, 0.4) is 0 Å².